The first kappa shape index (κ1) is 15.9. The zero-order valence-electron chi connectivity index (χ0n) is 12.7. The summed E-state index contributed by atoms with van der Waals surface area (Å²) in [7, 11) is 0. The number of rotatable bonds is 5. The first-order valence-electron chi connectivity index (χ1n) is 7.43. The Kier molecular flexibility index (Phi) is 4.64. The molecule has 1 aliphatic heterocycles. The first-order valence-corrected chi connectivity index (χ1v) is 7.43. The summed E-state index contributed by atoms with van der Waals surface area (Å²) in [5.41, 5.74) is 11.8. The molecule has 1 fully saturated rings. The van der Waals surface area contributed by atoms with Gasteiger partial charge in [0.1, 0.15) is 5.82 Å². The van der Waals surface area contributed by atoms with Crippen LogP contribution in [-0.4, -0.2) is 29.9 Å². The fraction of sp³-hybridized carbons (Fsp3) is 0.562. The molecule has 1 aliphatic rings. The number of benzene rings is 1. The van der Waals surface area contributed by atoms with Gasteiger partial charge in [0.15, 0.2) is 0 Å². The monoisotopic (exact) mass is 293 g/mol. The zero-order chi connectivity index (χ0) is 15.6. The number of primary amides is 1. The Morgan fingerprint density at radius 1 is 1.48 bits per heavy atom. The largest absolute Gasteiger partial charge is 0.369 e. The van der Waals surface area contributed by atoms with Crippen LogP contribution in [0, 0.1) is 11.2 Å². The third-order valence-corrected chi connectivity index (χ3v) is 4.59. The average Bonchev–Trinajstić information content (AvgIpc) is 2.85. The summed E-state index contributed by atoms with van der Waals surface area (Å²) in [6.07, 6.45) is 1.42. The minimum absolute atomic E-state index is 0.183. The molecule has 4 N–H and O–H groups in total. The molecule has 0 aliphatic carbocycles. The highest BCUT2D eigenvalue weighted by Gasteiger charge is 2.42. The number of amides is 1. The highest BCUT2D eigenvalue weighted by molar-refractivity contribution is 5.81. The minimum atomic E-state index is -0.559. The molecule has 5 heteroatoms. The molecule has 4 nitrogen and oxygen atoms in total. The second-order valence-corrected chi connectivity index (χ2v) is 6.18. The number of carbonyl (C=O) groups is 1. The van der Waals surface area contributed by atoms with E-state index in [2.05, 4.69) is 4.90 Å². The Morgan fingerprint density at radius 2 is 2.14 bits per heavy atom. The van der Waals surface area contributed by atoms with E-state index in [4.69, 9.17) is 11.5 Å². The van der Waals surface area contributed by atoms with Crippen molar-refractivity contribution in [1.29, 1.82) is 0 Å². The number of halogens is 1. The molecule has 3 unspecified atom stereocenters. The van der Waals surface area contributed by atoms with Crippen LogP contribution in [0.25, 0.3) is 0 Å². The van der Waals surface area contributed by atoms with Crippen LogP contribution in [0.3, 0.4) is 0 Å². The van der Waals surface area contributed by atoms with Crippen LogP contribution < -0.4 is 11.5 Å². The Labute approximate surface area is 125 Å². The van der Waals surface area contributed by atoms with E-state index in [0.717, 1.165) is 6.42 Å². The van der Waals surface area contributed by atoms with E-state index in [9.17, 15) is 9.18 Å². The molecule has 0 bridgehead atoms. The van der Waals surface area contributed by atoms with Gasteiger partial charge in [-0.05, 0) is 32.4 Å². The Morgan fingerprint density at radius 3 is 2.67 bits per heavy atom. The quantitative estimate of drug-likeness (QED) is 0.869. The van der Waals surface area contributed by atoms with E-state index in [0.29, 0.717) is 25.1 Å². The van der Waals surface area contributed by atoms with Gasteiger partial charge in [0.2, 0.25) is 5.91 Å². The van der Waals surface area contributed by atoms with Crippen molar-refractivity contribution in [3.05, 3.63) is 35.6 Å². The van der Waals surface area contributed by atoms with E-state index < -0.39 is 5.41 Å². The molecule has 1 saturated heterocycles. The van der Waals surface area contributed by atoms with Crippen molar-refractivity contribution in [2.45, 2.75) is 38.8 Å². The van der Waals surface area contributed by atoms with Gasteiger partial charge in [-0.2, -0.15) is 0 Å². The summed E-state index contributed by atoms with van der Waals surface area (Å²) in [6.45, 7) is 5.08. The Balaban J connectivity index is 2.31. The molecule has 3 atom stereocenters. The summed E-state index contributed by atoms with van der Waals surface area (Å²) < 4.78 is 14.2. The molecule has 1 heterocycles. The first-order chi connectivity index (χ1) is 9.89. The molecule has 0 aromatic heterocycles. The minimum Gasteiger partial charge on any atom is -0.369 e. The predicted molar refractivity (Wildman–Crippen MR) is 80.9 cm³/mol. The van der Waals surface area contributed by atoms with Gasteiger partial charge in [-0.15, -0.1) is 0 Å². The van der Waals surface area contributed by atoms with Crippen LogP contribution in [0.5, 0.6) is 0 Å². The number of hydrogen-bond donors (Lipinski definition) is 2. The average molecular weight is 293 g/mol. The Hall–Kier alpha value is -1.46. The van der Waals surface area contributed by atoms with E-state index in [1.54, 1.807) is 12.1 Å². The van der Waals surface area contributed by atoms with Crippen LogP contribution in [-0.2, 0) is 4.79 Å². The van der Waals surface area contributed by atoms with Gasteiger partial charge in [-0.25, -0.2) is 4.39 Å². The molecule has 1 amide bonds. The smallest absolute Gasteiger partial charge is 0.224 e. The van der Waals surface area contributed by atoms with Crippen molar-refractivity contribution >= 4 is 5.91 Å². The molecule has 2 rings (SSSR count). The van der Waals surface area contributed by atoms with Crippen LogP contribution >= 0.6 is 0 Å². The van der Waals surface area contributed by atoms with E-state index in [1.165, 1.54) is 6.07 Å². The van der Waals surface area contributed by atoms with Crippen molar-refractivity contribution < 1.29 is 9.18 Å². The van der Waals surface area contributed by atoms with Crippen molar-refractivity contribution in [2.75, 3.05) is 13.1 Å². The molecule has 0 saturated carbocycles. The van der Waals surface area contributed by atoms with E-state index in [1.807, 2.05) is 19.9 Å². The van der Waals surface area contributed by atoms with Crippen LogP contribution in [0.15, 0.2) is 24.3 Å². The van der Waals surface area contributed by atoms with Gasteiger partial charge in [0.05, 0.1) is 11.5 Å². The number of hydrogen-bond acceptors (Lipinski definition) is 3. The van der Waals surface area contributed by atoms with Gasteiger partial charge >= 0.3 is 0 Å². The number of likely N-dealkylation sites (tertiary alicyclic amines) is 1. The predicted octanol–water partition coefficient (Wildman–Crippen LogP) is 1.80. The lowest BCUT2D eigenvalue weighted by Gasteiger charge is -2.33. The van der Waals surface area contributed by atoms with Gasteiger partial charge in [-0.3, -0.25) is 9.69 Å². The Bertz CT molecular complexity index is 522. The highest BCUT2D eigenvalue weighted by Crippen LogP contribution is 2.37. The summed E-state index contributed by atoms with van der Waals surface area (Å²) in [5, 5.41) is 0. The third kappa shape index (κ3) is 3.09. The third-order valence-electron chi connectivity index (χ3n) is 4.59. The topological polar surface area (TPSA) is 72.3 Å². The fourth-order valence-electron chi connectivity index (χ4n) is 3.07. The van der Waals surface area contributed by atoms with E-state index in [-0.39, 0.29) is 23.8 Å². The molecule has 21 heavy (non-hydrogen) atoms. The summed E-state index contributed by atoms with van der Waals surface area (Å²) in [4.78, 5) is 13.7. The highest BCUT2D eigenvalue weighted by atomic mass is 19.1. The fourth-order valence-corrected chi connectivity index (χ4v) is 3.07. The summed E-state index contributed by atoms with van der Waals surface area (Å²) in [6, 6.07) is 6.31. The van der Waals surface area contributed by atoms with Crippen LogP contribution in [0.1, 0.15) is 38.3 Å². The number of carbonyl (C=O) groups excluding carboxylic acids is 1. The second-order valence-electron chi connectivity index (χ2n) is 6.18. The zero-order valence-corrected chi connectivity index (χ0v) is 12.7. The van der Waals surface area contributed by atoms with Crippen LogP contribution in [0.4, 0.5) is 4.39 Å². The molecular formula is C16H24FN3O. The van der Waals surface area contributed by atoms with Gasteiger partial charge < -0.3 is 11.5 Å². The molecule has 1 aromatic rings. The maximum atomic E-state index is 14.2. The van der Waals surface area contributed by atoms with Gasteiger partial charge in [0, 0.05) is 18.2 Å². The van der Waals surface area contributed by atoms with Crippen molar-refractivity contribution in [3.63, 3.8) is 0 Å². The van der Waals surface area contributed by atoms with Crippen molar-refractivity contribution in [1.82, 2.24) is 4.90 Å². The van der Waals surface area contributed by atoms with Crippen molar-refractivity contribution in [3.8, 4) is 0 Å². The lowest BCUT2D eigenvalue weighted by atomic mass is 9.89. The number of nitrogens with two attached hydrogens (primary N) is 2. The number of nitrogens with zero attached hydrogens (tertiary/aromatic N) is 1. The van der Waals surface area contributed by atoms with E-state index >= 15 is 0 Å². The van der Waals surface area contributed by atoms with Gasteiger partial charge in [-0.1, -0.05) is 25.1 Å². The molecule has 0 spiro atoms. The molecule has 116 valence electrons. The van der Waals surface area contributed by atoms with Gasteiger partial charge in [0.25, 0.3) is 0 Å². The molecule has 1 aromatic carbocycles. The maximum absolute atomic E-state index is 14.2. The second kappa shape index (κ2) is 6.12. The molecule has 0 radical (unpaired) electrons. The summed E-state index contributed by atoms with van der Waals surface area (Å²) >= 11 is 0. The van der Waals surface area contributed by atoms with Crippen LogP contribution in [0.2, 0.25) is 0 Å². The lowest BCUT2D eigenvalue weighted by molar-refractivity contribution is -0.126. The summed E-state index contributed by atoms with van der Waals surface area (Å²) in [5.74, 6) is -0.554. The maximum Gasteiger partial charge on any atom is 0.224 e. The van der Waals surface area contributed by atoms with Crippen molar-refractivity contribution in [2.24, 2.45) is 16.9 Å². The normalized spacial score (nSPS) is 25.7. The lowest BCUT2D eigenvalue weighted by Crippen LogP contribution is -2.43. The molecular weight excluding hydrogens is 269 g/mol. The SMILES string of the molecule is CCC(N)C(c1ccccc1F)N1CCC(C)(C(N)=O)C1. The standard InChI is InChI=1S/C16H24FN3O/c1-3-13(18)14(11-6-4-5-7-12(11)17)20-9-8-16(2,10-20)15(19)21/h4-7,13-14H,3,8-10,18H2,1-2H3,(H2,19,21).